The summed E-state index contributed by atoms with van der Waals surface area (Å²) in [4.78, 5) is 23.4. The van der Waals surface area contributed by atoms with Crippen molar-refractivity contribution in [3.05, 3.63) is 70.8 Å². The summed E-state index contributed by atoms with van der Waals surface area (Å²) in [6.07, 6.45) is 1.67. The molecule has 34 heavy (non-hydrogen) atoms. The lowest BCUT2D eigenvalue weighted by Crippen LogP contribution is -2.40. The average Bonchev–Trinajstić information content (AvgIpc) is 3.15. The molecule has 0 atom stereocenters. The molecule has 0 radical (unpaired) electrons. The second-order valence-corrected chi connectivity index (χ2v) is 9.18. The predicted octanol–water partition coefficient (Wildman–Crippen LogP) is 4.13. The van der Waals surface area contributed by atoms with E-state index in [9.17, 15) is 15.2 Å². The average molecular weight is 475 g/mol. The van der Waals surface area contributed by atoms with Crippen molar-refractivity contribution >= 4 is 23.2 Å². The number of rotatable bonds is 5. The molecule has 0 saturated carbocycles. The molecule has 8 nitrogen and oxygen atoms in total. The molecule has 0 aliphatic rings. The van der Waals surface area contributed by atoms with Gasteiger partial charge in [0.1, 0.15) is 16.5 Å². The van der Waals surface area contributed by atoms with Gasteiger partial charge < -0.3 is 10.0 Å². The van der Waals surface area contributed by atoms with Gasteiger partial charge in [-0.05, 0) is 56.7 Å². The van der Waals surface area contributed by atoms with Crippen LogP contribution < -0.4 is 0 Å². The van der Waals surface area contributed by atoms with E-state index >= 15 is 0 Å². The summed E-state index contributed by atoms with van der Waals surface area (Å²) in [7, 11) is 1.62. The number of aromatic nitrogens is 4. The van der Waals surface area contributed by atoms with Crippen molar-refractivity contribution < 1.29 is 9.90 Å². The molecule has 9 heteroatoms. The molecule has 1 N–H and O–H groups in total. The highest BCUT2D eigenvalue weighted by atomic mass is 35.5. The van der Waals surface area contributed by atoms with E-state index in [4.69, 9.17) is 16.7 Å². The highest BCUT2D eigenvalue weighted by molar-refractivity contribution is 6.29. The van der Waals surface area contributed by atoms with Gasteiger partial charge in [-0.15, -0.1) is 0 Å². The number of carbonyl (C=O) groups excluding carboxylic acids is 1. The van der Waals surface area contributed by atoms with Crippen LogP contribution in [-0.2, 0) is 0 Å². The van der Waals surface area contributed by atoms with Gasteiger partial charge in [-0.3, -0.25) is 4.79 Å². The van der Waals surface area contributed by atoms with Crippen LogP contribution in [0, 0.1) is 18.3 Å². The minimum Gasteiger partial charge on any atom is -0.389 e. The van der Waals surface area contributed by atoms with Crippen molar-refractivity contribution in [2.45, 2.75) is 26.4 Å². The van der Waals surface area contributed by atoms with Crippen LogP contribution in [0.4, 0.5) is 0 Å². The summed E-state index contributed by atoms with van der Waals surface area (Å²) in [6.45, 7) is 5.26. The summed E-state index contributed by atoms with van der Waals surface area (Å²) in [5.41, 5.74) is 3.60. The fourth-order valence-corrected chi connectivity index (χ4v) is 4.12. The highest BCUT2D eigenvalue weighted by Gasteiger charge is 2.24. The number of carbonyl (C=O) groups is 1. The second-order valence-electron chi connectivity index (χ2n) is 8.79. The fourth-order valence-electron chi connectivity index (χ4n) is 3.87. The van der Waals surface area contributed by atoms with Gasteiger partial charge in [0.15, 0.2) is 5.65 Å². The Bertz CT molecular complexity index is 1430. The van der Waals surface area contributed by atoms with Crippen LogP contribution in [0.5, 0.6) is 0 Å². The van der Waals surface area contributed by atoms with Gasteiger partial charge in [0.2, 0.25) is 0 Å². The molecule has 0 spiro atoms. The quantitative estimate of drug-likeness (QED) is 0.436. The van der Waals surface area contributed by atoms with Gasteiger partial charge in [0.05, 0.1) is 22.8 Å². The number of aryl methyl sites for hydroxylation is 1. The van der Waals surface area contributed by atoms with Crippen LogP contribution in [0.3, 0.4) is 0 Å². The lowest BCUT2D eigenvalue weighted by atomic mass is 10.00. The molecule has 3 heterocycles. The zero-order valence-electron chi connectivity index (χ0n) is 19.2. The molecule has 0 saturated heterocycles. The zero-order valence-corrected chi connectivity index (χ0v) is 20.0. The Labute approximate surface area is 202 Å². The van der Waals surface area contributed by atoms with Gasteiger partial charge in [0.25, 0.3) is 5.91 Å². The summed E-state index contributed by atoms with van der Waals surface area (Å²) in [5.74, 6) is -0.325. The SMILES string of the molecule is Cc1cc(-c2c(-c3cccc(C#N)c3)nn3ccc(C(=O)N(C)CC(C)(C)O)nc23)cc(Cl)n1. The Morgan fingerprint density at radius 3 is 2.65 bits per heavy atom. The van der Waals surface area contributed by atoms with E-state index in [0.717, 1.165) is 16.8 Å². The molecule has 0 aliphatic carbocycles. The number of nitriles is 1. The number of fused-ring (bicyclic) bond motifs is 1. The smallest absolute Gasteiger partial charge is 0.272 e. The number of hydrogen-bond acceptors (Lipinski definition) is 6. The third-order valence-electron chi connectivity index (χ3n) is 5.15. The Morgan fingerprint density at radius 1 is 1.21 bits per heavy atom. The molecule has 0 aliphatic heterocycles. The zero-order chi connectivity index (χ0) is 24.6. The van der Waals surface area contributed by atoms with Crippen molar-refractivity contribution in [1.82, 2.24) is 24.5 Å². The molecular weight excluding hydrogens is 452 g/mol. The van der Waals surface area contributed by atoms with Gasteiger partial charge in [-0.25, -0.2) is 14.5 Å². The molecule has 3 aromatic heterocycles. The van der Waals surface area contributed by atoms with Crippen LogP contribution in [0.25, 0.3) is 28.0 Å². The monoisotopic (exact) mass is 474 g/mol. The largest absolute Gasteiger partial charge is 0.389 e. The van der Waals surface area contributed by atoms with E-state index in [2.05, 4.69) is 16.0 Å². The maximum atomic E-state index is 13.0. The van der Waals surface area contributed by atoms with E-state index in [-0.39, 0.29) is 18.1 Å². The summed E-state index contributed by atoms with van der Waals surface area (Å²) < 4.78 is 1.60. The molecule has 0 bridgehead atoms. The normalized spacial score (nSPS) is 11.4. The van der Waals surface area contributed by atoms with Crippen LogP contribution in [0.2, 0.25) is 5.15 Å². The predicted molar refractivity (Wildman–Crippen MR) is 129 cm³/mol. The number of halogens is 1. The van der Waals surface area contributed by atoms with Crippen molar-refractivity contribution in [2.75, 3.05) is 13.6 Å². The number of amides is 1. The Morgan fingerprint density at radius 2 is 1.97 bits per heavy atom. The molecule has 1 amide bonds. The molecule has 172 valence electrons. The topological polar surface area (TPSA) is 107 Å². The molecule has 4 aromatic rings. The van der Waals surface area contributed by atoms with Crippen molar-refractivity contribution in [3.8, 4) is 28.5 Å². The van der Waals surface area contributed by atoms with E-state index in [1.807, 2.05) is 19.1 Å². The van der Waals surface area contributed by atoms with Gasteiger partial charge >= 0.3 is 0 Å². The Balaban J connectivity index is 1.94. The molecular formula is C25H23ClN6O2. The Kier molecular flexibility index (Phi) is 6.09. The molecule has 1 aromatic carbocycles. The van der Waals surface area contributed by atoms with E-state index < -0.39 is 5.60 Å². The molecule has 0 fully saturated rings. The third kappa shape index (κ3) is 4.76. The number of hydrogen-bond donors (Lipinski definition) is 1. The molecule has 0 unspecified atom stereocenters. The minimum atomic E-state index is -1.04. The fraction of sp³-hybridized carbons (Fsp3) is 0.240. The number of likely N-dealkylation sites (N-methyl/N-ethyl adjacent to an activating group) is 1. The number of benzene rings is 1. The highest BCUT2D eigenvalue weighted by Crippen LogP contribution is 2.36. The first-order chi connectivity index (χ1) is 16.1. The number of aliphatic hydroxyl groups is 1. The first-order valence-corrected chi connectivity index (χ1v) is 11.0. The van der Waals surface area contributed by atoms with E-state index in [0.29, 0.717) is 27.6 Å². The van der Waals surface area contributed by atoms with Crippen LogP contribution in [0.1, 0.15) is 35.6 Å². The van der Waals surface area contributed by atoms with Crippen LogP contribution >= 0.6 is 11.6 Å². The van der Waals surface area contributed by atoms with E-state index in [1.54, 1.807) is 61.9 Å². The van der Waals surface area contributed by atoms with Crippen molar-refractivity contribution in [1.29, 1.82) is 5.26 Å². The summed E-state index contributed by atoms with van der Waals surface area (Å²) >= 11 is 6.26. The minimum absolute atomic E-state index is 0.149. The van der Waals surface area contributed by atoms with Gasteiger partial charge in [0, 0.05) is 31.0 Å². The van der Waals surface area contributed by atoms with Crippen LogP contribution in [0.15, 0.2) is 48.7 Å². The lowest BCUT2D eigenvalue weighted by molar-refractivity contribution is 0.0365. The standard InChI is InChI=1S/C25H23ClN6O2/c1-15-10-18(12-20(26)28-15)21-22(17-7-5-6-16(11-17)13-27)30-32-9-8-19(29-23(21)32)24(33)31(4)14-25(2,3)34/h5-12,34H,14H2,1-4H3. The van der Waals surface area contributed by atoms with E-state index in [1.165, 1.54) is 4.90 Å². The number of pyridine rings is 1. The van der Waals surface area contributed by atoms with Crippen molar-refractivity contribution in [2.24, 2.45) is 0 Å². The summed E-state index contributed by atoms with van der Waals surface area (Å²) in [6, 6.07) is 14.5. The third-order valence-corrected chi connectivity index (χ3v) is 5.34. The van der Waals surface area contributed by atoms with Gasteiger partial charge in [-0.2, -0.15) is 10.4 Å². The van der Waals surface area contributed by atoms with Crippen LogP contribution in [-0.4, -0.2) is 54.7 Å². The first-order valence-electron chi connectivity index (χ1n) is 10.6. The maximum Gasteiger partial charge on any atom is 0.272 e. The van der Waals surface area contributed by atoms with Gasteiger partial charge in [-0.1, -0.05) is 23.7 Å². The first kappa shape index (κ1) is 23.4. The lowest BCUT2D eigenvalue weighted by Gasteiger charge is -2.25. The van der Waals surface area contributed by atoms with Crippen molar-refractivity contribution in [3.63, 3.8) is 0 Å². The number of nitrogens with zero attached hydrogens (tertiary/aromatic N) is 6. The second kappa shape index (κ2) is 8.86. The summed E-state index contributed by atoms with van der Waals surface area (Å²) in [5, 5.41) is 24.5. The Hall–Kier alpha value is -3.80. The maximum absolute atomic E-state index is 13.0. The molecule has 4 rings (SSSR count).